The summed E-state index contributed by atoms with van der Waals surface area (Å²) in [5.41, 5.74) is 14.5. The van der Waals surface area contributed by atoms with E-state index < -0.39 is 0 Å². The quantitative estimate of drug-likeness (QED) is 0.536. The lowest BCUT2D eigenvalue weighted by Crippen LogP contribution is -2.25. The molecule has 1 aromatic carbocycles. The zero-order valence-electron chi connectivity index (χ0n) is 10.7. The van der Waals surface area contributed by atoms with Gasteiger partial charge < -0.3 is 21.7 Å². The average Bonchev–Trinajstić information content (AvgIpc) is 2.28. The van der Waals surface area contributed by atoms with Crippen LogP contribution >= 0.6 is 0 Å². The fourth-order valence-electron chi connectivity index (χ4n) is 1.73. The Morgan fingerprint density at radius 3 is 2.65 bits per heavy atom. The van der Waals surface area contributed by atoms with Crippen LogP contribution in [0.25, 0.3) is 0 Å². The van der Waals surface area contributed by atoms with Gasteiger partial charge in [-0.05, 0) is 18.6 Å². The zero-order valence-corrected chi connectivity index (χ0v) is 10.7. The SMILES string of the molecule is CCN=C(N)Nc1cccc(CN)c1N(C)C. The molecule has 0 aliphatic carbocycles. The first kappa shape index (κ1) is 13.3. The molecule has 17 heavy (non-hydrogen) atoms. The minimum atomic E-state index is 0.421. The largest absolute Gasteiger partial charge is 0.376 e. The van der Waals surface area contributed by atoms with Crippen molar-refractivity contribution in [3.05, 3.63) is 23.8 Å². The van der Waals surface area contributed by atoms with Crippen molar-refractivity contribution in [2.45, 2.75) is 13.5 Å². The fourth-order valence-corrected chi connectivity index (χ4v) is 1.73. The van der Waals surface area contributed by atoms with E-state index in [2.05, 4.69) is 10.3 Å². The standard InChI is InChI=1S/C12H21N5/c1-4-15-12(14)16-10-7-5-6-9(8-13)11(10)17(2)3/h5-7H,4,8,13H2,1-3H3,(H3,14,15,16). The Morgan fingerprint density at radius 2 is 2.12 bits per heavy atom. The van der Waals surface area contributed by atoms with Gasteiger partial charge in [0.15, 0.2) is 5.96 Å². The zero-order chi connectivity index (χ0) is 12.8. The summed E-state index contributed by atoms with van der Waals surface area (Å²) >= 11 is 0. The molecule has 0 unspecified atom stereocenters. The molecule has 0 saturated heterocycles. The number of nitrogens with one attached hydrogen (secondary N) is 1. The van der Waals surface area contributed by atoms with Gasteiger partial charge in [-0.25, -0.2) is 0 Å². The maximum Gasteiger partial charge on any atom is 0.193 e. The van der Waals surface area contributed by atoms with Gasteiger partial charge in [0.1, 0.15) is 0 Å². The van der Waals surface area contributed by atoms with Crippen LogP contribution in [-0.4, -0.2) is 26.6 Å². The number of nitrogens with two attached hydrogens (primary N) is 2. The summed E-state index contributed by atoms with van der Waals surface area (Å²) in [5.74, 6) is 0.421. The summed E-state index contributed by atoms with van der Waals surface area (Å²) < 4.78 is 0. The van der Waals surface area contributed by atoms with Crippen LogP contribution in [0.15, 0.2) is 23.2 Å². The number of anilines is 2. The highest BCUT2D eigenvalue weighted by atomic mass is 15.1. The first-order valence-electron chi connectivity index (χ1n) is 5.66. The van der Waals surface area contributed by atoms with Gasteiger partial charge in [0.2, 0.25) is 0 Å². The van der Waals surface area contributed by atoms with Crippen LogP contribution in [0.1, 0.15) is 12.5 Å². The third-order valence-corrected chi connectivity index (χ3v) is 2.38. The Morgan fingerprint density at radius 1 is 1.41 bits per heavy atom. The summed E-state index contributed by atoms with van der Waals surface area (Å²) in [7, 11) is 3.96. The molecular formula is C12H21N5. The molecule has 0 fully saturated rings. The molecule has 0 aliphatic rings. The lowest BCUT2D eigenvalue weighted by Gasteiger charge is -2.21. The Balaban J connectivity index is 3.10. The molecule has 0 atom stereocenters. The van der Waals surface area contributed by atoms with Crippen molar-refractivity contribution >= 4 is 17.3 Å². The molecule has 5 heteroatoms. The van der Waals surface area contributed by atoms with E-state index in [9.17, 15) is 0 Å². The molecule has 0 spiro atoms. The van der Waals surface area contributed by atoms with Crippen molar-refractivity contribution in [2.75, 3.05) is 30.9 Å². The Bertz CT molecular complexity index is 398. The fraction of sp³-hybridized carbons (Fsp3) is 0.417. The minimum Gasteiger partial charge on any atom is -0.376 e. The van der Waals surface area contributed by atoms with Gasteiger partial charge in [0, 0.05) is 27.2 Å². The van der Waals surface area contributed by atoms with Crippen LogP contribution in [0.4, 0.5) is 11.4 Å². The summed E-state index contributed by atoms with van der Waals surface area (Å²) in [4.78, 5) is 6.13. The molecule has 0 bridgehead atoms. The highest BCUT2D eigenvalue weighted by molar-refractivity contribution is 5.96. The predicted octanol–water partition coefficient (Wildman–Crippen LogP) is 0.958. The van der Waals surface area contributed by atoms with E-state index in [0.717, 1.165) is 16.9 Å². The summed E-state index contributed by atoms with van der Waals surface area (Å²) in [6.45, 7) is 3.10. The summed E-state index contributed by atoms with van der Waals surface area (Å²) in [5, 5.41) is 3.10. The lowest BCUT2D eigenvalue weighted by atomic mass is 10.1. The van der Waals surface area contributed by atoms with Gasteiger partial charge in [-0.2, -0.15) is 0 Å². The maximum absolute atomic E-state index is 5.77. The number of hydrogen-bond donors (Lipinski definition) is 3. The van der Waals surface area contributed by atoms with E-state index in [0.29, 0.717) is 19.0 Å². The highest BCUT2D eigenvalue weighted by Crippen LogP contribution is 2.28. The predicted molar refractivity (Wildman–Crippen MR) is 74.4 cm³/mol. The van der Waals surface area contributed by atoms with E-state index >= 15 is 0 Å². The monoisotopic (exact) mass is 235 g/mol. The molecule has 94 valence electrons. The molecule has 0 aliphatic heterocycles. The van der Waals surface area contributed by atoms with Crippen molar-refractivity contribution in [3.8, 4) is 0 Å². The maximum atomic E-state index is 5.77. The van der Waals surface area contributed by atoms with Gasteiger partial charge >= 0.3 is 0 Å². The van der Waals surface area contributed by atoms with E-state index in [4.69, 9.17) is 11.5 Å². The van der Waals surface area contributed by atoms with Crippen molar-refractivity contribution in [1.82, 2.24) is 0 Å². The van der Waals surface area contributed by atoms with E-state index in [1.807, 2.05) is 44.1 Å². The Hall–Kier alpha value is -1.75. The number of nitrogens with zero attached hydrogens (tertiary/aromatic N) is 2. The van der Waals surface area contributed by atoms with Crippen LogP contribution in [0.3, 0.4) is 0 Å². The van der Waals surface area contributed by atoms with E-state index in [-0.39, 0.29) is 0 Å². The topological polar surface area (TPSA) is 79.7 Å². The number of benzene rings is 1. The van der Waals surface area contributed by atoms with Crippen molar-refractivity contribution < 1.29 is 0 Å². The molecule has 5 N–H and O–H groups in total. The van der Waals surface area contributed by atoms with Gasteiger partial charge in [0.05, 0.1) is 11.4 Å². The lowest BCUT2D eigenvalue weighted by molar-refractivity contribution is 1.03. The van der Waals surface area contributed by atoms with Crippen molar-refractivity contribution in [2.24, 2.45) is 16.5 Å². The molecule has 0 radical (unpaired) electrons. The van der Waals surface area contributed by atoms with E-state index in [1.54, 1.807) is 0 Å². The smallest absolute Gasteiger partial charge is 0.193 e. The second-order valence-corrected chi connectivity index (χ2v) is 3.90. The Kier molecular flexibility index (Phi) is 4.78. The average molecular weight is 235 g/mol. The van der Waals surface area contributed by atoms with Crippen LogP contribution in [-0.2, 0) is 6.54 Å². The van der Waals surface area contributed by atoms with E-state index in [1.165, 1.54) is 0 Å². The third kappa shape index (κ3) is 3.35. The Labute approximate surface area is 103 Å². The number of guanidine groups is 1. The first-order chi connectivity index (χ1) is 8.10. The molecule has 0 heterocycles. The normalized spacial score (nSPS) is 11.4. The molecule has 0 saturated carbocycles. The number of para-hydroxylation sites is 1. The molecule has 0 amide bonds. The summed E-state index contributed by atoms with van der Waals surface area (Å²) in [6, 6.07) is 5.93. The third-order valence-electron chi connectivity index (χ3n) is 2.38. The highest BCUT2D eigenvalue weighted by Gasteiger charge is 2.09. The second-order valence-electron chi connectivity index (χ2n) is 3.90. The van der Waals surface area contributed by atoms with Gasteiger partial charge in [-0.1, -0.05) is 12.1 Å². The molecule has 1 rings (SSSR count). The second kappa shape index (κ2) is 6.10. The first-order valence-corrected chi connectivity index (χ1v) is 5.66. The van der Waals surface area contributed by atoms with Gasteiger partial charge in [-0.15, -0.1) is 0 Å². The van der Waals surface area contributed by atoms with Crippen molar-refractivity contribution in [1.29, 1.82) is 0 Å². The number of rotatable bonds is 4. The van der Waals surface area contributed by atoms with Crippen molar-refractivity contribution in [3.63, 3.8) is 0 Å². The molecular weight excluding hydrogens is 214 g/mol. The van der Waals surface area contributed by atoms with Crippen LogP contribution in [0, 0.1) is 0 Å². The number of hydrogen-bond acceptors (Lipinski definition) is 3. The summed E-state index contributed by atoms with van der Waals surface area (Å²) in [6.07, 6.45) is 0. The van der Waals surface area contributed by atoms with Crippen LogP contribution in [0.2, 0.25) is 0 Å². The minimum absolute atomic E-state index is 0.421. The van der Waals surface area contributed by atoms with Crippen LogP contribution < -0.4 is 21.7 Å². The number of aliphatic imine (C=N–C) groups is 1. The molecule has 1 aromatic rings. The molecule has 5 nitrogen and oxygen atoms in total. The molecule has 0 aromatic heterocycles. The van der Waals surface area contributed by atoms with Gasteiger partial charge in [0.25, 0.3) is 0 Å². The van der Waals surface area contributed by atoms with Crippen LogP contribution in [0.5, 0.6) is 0 Å². The van der Waals surface area contributed by atoms with Gasteiger partial charge in [-0.3, -0.25) is 4.99 Å².